The molecule has 3 nitrogen and oxygen atoms in total. The molecule has 0 aromatic heterocycles. The highest BCUT2D eigenvalue weighted by Gasteiger charge is 2.22. The van der Waals surface area contributed by atoms with Crippen LogP contribution in [0.4, 0.5) is 0 Å². The number of carbonyl (C=O) groups excluding carboxylic acids is 1. The average Bonchev–Trinajstić information content (AvgIpc) is 2.58. The summed E-state index contributed by atoms with van der Waals surface area (Å²) >= 11 is 9.32. The first-order chi connectivity index (χ1) is 9.08. The first kappa shape index (κ1) is 14.8. The lowest BCUT2D eigenvalue weighted by Gasteiger charge is -2.22. The second kappa shape index (κ2) is 6.73. The molecular weight excluding hydrogens is 328 g/mol. The van der Waals surface area contributed by atoms with Gasteiger partial charge in [0.05, 0.1) is 5.02 Å². The molecule has 1 aromatic rings. The van der Waals surface area contributed by atoms with Crippen LogP contribution in [0.25, 0.3) is 0 Å². The molecule has 0 saturated heterocycles. The molecule has 2 rings (SSSR count). The molecule has 5 heteroatoms. The van der Waals surface area contributed by atoms with Gasteiger partial charge in [-0.2, -0.15) is 0 Å². The molecule has 0 radical (unpaired) electrons. The molecule has 19 heavy (non-hydrogen) atoms. The lowest BCUT2D eigenvalue weighted by Crippen LogP contribution is -2.46. The molecule has 1 saturated carbocycles. The fourth-order valence-corrected chi connectivity index (χ4v) is 2.83. The van der Waals surface area contributed by atoms with Gasteiger partial charge in [-0.15, -0.1) is 0 Å². The summed E-state index contributed by atoms with van der Waals surface area (Å²) in [6, 6.07) is 5.33. The maximum atomic E-state index is 12.2. The zero-order valence-electron chi connectivity index (χ0n) is 10.7. The summed E-state index contributed by atoms with van der Waals surface area (Å²) in [5, 5.41) is 3.57. The smallest absolute Gasteiger partial charge is 0.251 e. The highest BCUT2D eigenvalue weighted by atomic mass is 79.9. The van der Waals surface area contributed by atoms with Crippen molar-refractivity contribution in [2.45, 2.75) is 44.2 Å². The first-order valence-corrected chi connectivity index (χ1v) is 7.76. The monoisotopic (exact) mass is 344 g/mol. The van der Waals surface area contributed by atoms with Gasteiger partial charge in [0.2, 0.25) is 0 Å². The number of rotatable bonds is 2. The summed E-state index contributed by atoms with van der Waals surface area (Å²) in [4.78, 5) is 12.2. The summed E-state index contributed by atoms with van der Waals surface area (Å²) in [6.07, 6.45) is 5.41. The third-order valence-electron chi connectivity index (χ3n) is 3.57. The van der Waals surface area contributed by atoms with Gasteiger partial charge < -0.3 is 11.1 Å². The quantitative estimate of drug-likeness (QED) is 0.806. The van der Waals surface area contributed by atoms with E-state index >= 15 is 0 Å². The van der Waals surface area contributed by atoms with Gasteiger partial charge in [-0.05, 0) is 47.0 Å². The summed E-state index contributed by atoms with van der Waals surface area (Å²) in [5.41, 5.74) is 6.68. The van der Waals surface area contributed by atoms with Crippen molar-refractivity contribution in [1.29, 1.82) is 0 Å². The maximum Gasteiger partial charge on any atom is 0.251 e. The van der Waals surface area contributed by atoms with Crippen molar-refractivity contribution in [2.24, 2.45) is 5.73 Å². The number of amides is 1. The van der Waals surface area contributed by atoms with E-state index in [1.165, 1.54) is 6.42 Å². The van der Waals surface area contributed by atoms with Crippen LogP contribution in [0.3, 0.4) is 0 Å². The van der Waals surface area contributed by atoms with Gasteiger partial charge in [0.1, 0.15) is 0 Å². The van der Waals surface area contributed by atoms with Crippen molar-refractivity contribution in [3.05, 3.63) is 33.3 Å². The Balaban J connectivity index is 2.05. The summed E-state index contributed by atoms with van der Waals surface area (Å²) in [7, 11) is 0. The SMILES string of the molecule is NC1CCCCCC1NC(=O)c1ccc(Br)c(Cl)c1. The van der Waals surface area contributed by atoms with Crippen LogP contribution in [-0.2, 0) is 0 Å². The molecule has 2 atom stereocenters. The Kier molecular flexibility index (Phi) is 5.25. The molecule has 1 amide bonds. The summed E-state index contributed by atoms with van der Waals surface area (Å²) in [6.45, 7) is 0. The molecule has 2 unspecified atom stereocenters. The highest BCUT2D eigenvalue weighted by molar-refractivity contribution is 9.10. The molecule has 3 N–H and O–H groups in total. The molecule has 104 valence electrons. The van der Waals surface area contributed by atoms with Crippen LogP contribution in [0.2, 0.25) is 5.02 Å². The van der Waals surface area contributed by atoms with Gasteiger partial charge in [-0.25, -0.2) is 0 Å². The van der Waals surface area contributed by atoms with Crippen LogP contribution >= 0.6 is 27.5 Å². The number of benzene rings is 1. The third-order valence-corrected chi connectivity index (χ3v) is 4.80. The highest BCUT2D eigenvalue weighted by Crippen LogP contribution is 2.23. The molecule has 1 aliphatic rings. The standard InChI is InChI=1S/C14H18BrClN2O/c15-10-7-6-9(8-11(10)16)14(19)18-13-5-3-1-2-4-12(13)17/h6-8,12-13H,1-5,17H2,(H,18,19). The van der Waals surface area contributed by atoms with Gasteiger partial charge in [-0.1, -0.05) is 30.9 Å². The number of nitrogens with one attached hydrogen (secondary N) is 1. The zero-order chi connectivity index (χ0) is 13.8. The molecule has 1 fully saturated rings. The van der Waals surface area contributed by atoms with Crippen molar-refractivity contribution >= 4 is 33.4 Å². The van der Waals surface area contributed by atoms with Crippen molar-refractivity contribution < 1.29 is 4.79 Å². The Morgan fingerprint density at radius 2 is 2.05 bits per heavy atom. The minimum atomic E-state index is -0.100. The topological polar surface area (TPSA) is 55.1 Å². The number of hydrogen-bond donors (Lipinski definition) is 2. The van der Waals surface area contributed by atoms with E-state index in [-0.39, 0.29) is 18.0 Å². The van der Waals surface area contributed by atoms with Gasteiger partial charge in [0.25, 0.3) is 5.91 Å². The van der Waals surface area contributed by atoms with Gasteiger partial charge in [0, 0.05) is 22.1 Å². The second-order valence-corrected chi connectivity index (χ2v) is 6.27. The predicted octanol–water partition coefficient (Wildman–Crippen LogP) is 3.49. The van der Waals surface area contributed by atoms with E-state index in [4.69, 9.17) is 17.3 Å². The minimum Gasteiger partial charge on any atom is -0.348 e. The fourth-order valence-electron chi connectivity index (χ4n) is 2.40. The Labute approximate surface area is 127 Å². The summed E-state index contributed by atoms with van der Waals surface area (Å²) in [5.74, 6) is -0.100. The normalized spacial score (nSPS) is 23.7. The van der Waals surface area contributed by atoms with Crippen LogP contribution in [0.1, 0.15) is 42.5 Å². The Bertz CT molecular complexity index is 467. The van der Waals surface area contributed by atoms with E-state index in [9.17, 15) is 4.79 Å². The third kappa shape index (κ3) is 3.94. The van der Waals surface area contributed by atoms with Crippen LogP contribution in [-0.4, -0.2) is 18.0 Å². The van der Waals surface area contributed by atoms with Crippen LogP contribution in [0.15, 0.2) is 22.7 Å². The maximum absolute atomic E-state index is 12.2. The molecule has 0 heterocycles. The van der Waals surface area contributed by atoms with Gasteiger partial charge in [0.15, 0.2) is 0 Å². The Morgan fingerprint density at radius 3 is 2.79 bits per heavy atom. The number of hydrogen-bond acceptors (Lipinski definition) is 2. The van der Waals surface area contributed by atoms with Crippen LogP contribution < -0.4 is 11.1 Å². The first-order valence-electron chi connectivity index (χ1n) is 6.59. The zero-order valence-corrected chi connectivity index (χ0v) is 13.0. The molecule has 0 aliphatic heterocycles. The van der Waals surface area contributed by atoms with Gasteiger partial charge in [-0.3, -0.25) is 4.79 Å². The van der Waals surface area contributed by atoms with Crippen LogP contribution in [0.5, 0.6) is 0 Å². The lowest BCUT2D eigenvalue weighted by molar-refractivity contribution is 0.0929. The molecule has 0 spiro atoms. The minimum absolute atomic E-state index is 0.0531. The second-order valence-electron chi connectivity index (χ2n) is 5.01. The van der Waals surface area contributed by atoms with Crippen molar-refractivity contribution in [3.63, 3.8) is 0 Å². The molecule has 0 bridgehead atoms. The number of carbonyl (C=O) groups is 1. The summed E-state index contributed by atoms with van der Waals surface area (Å²) < 4.78 is 0.789. The van der Waals surface area contributed by atoms with Crippen LogP contribution in [0, 0.1) is 0 Å². The number of nitrogens with two attached hydrogens (primary N) is 1. The van der Waals surface area contributed by atoms with Crippen molar-refractivity contribution in [2.75, 3.05) is 0 Å². The Morgan fingerprint density at radius 1 is 1.32 bits per heavy atom. The molecular formula is C14H18BrClN2O. The molecule has 1 aliphatic carbocycles. The largest absolute Gasteiger partial charge is 0.348 e. The predicted molar refractivity (Wildman–Crippen MR) is 81.5 cm³/mol. The number of halogens is 2. The fraction of sp³-hybridized carbons (Fsp3) is 0.500. The molecule has 1 aromatic carbocycles. The Hall–Kier alpha value is -0.580. The lowest BCUT2D eigenvalue weighted by atomic mass is 10.0. The average molecular weight is 346 g/mol. The van der Waals surface area contributed by atoms with E-state index in [0.717, 1.165) is 30.2 Å². The van der Waals surface area contributed by atoms with Crippen molar-refractivity contribution in [1.82, 2.24) is 5.32 Å². The van der Waals surface area contributed by atoms with E-state index < -0.39 is 0 Å². The van der Waals surface area contributed by atoms with E-state index in [1.54, 1.807) is 18.2 Å². The van der Waals surface area contributed by atoms with E-state index in [0.29, 0.717) is 10.6 Å². The van der Waals surface area contributed by atoms with Crippen molar-refractivity contribution in [3.8, 4) is 0 Å². The van der Waals surface area contributed by atoms with Gasteiger partial charge >= 0.3 is 0 Å². The van der Waals surface area contributed by atoms with E-state index in [2.05, 4.69) is 21.2 Å². The van der Waals surface area contributed by atoms with E-state index in [1.807, 2.05) is 0 Å².